The van der Waals surface area contributed by atoms with Crippen LogP contribution in [0.15, 0.2) is 30.3 Å². The lowest BCUT2D eigenvalue weighted by molar-refractivity contribution is -0.151. The Kier molecular flexibility index (Phi) is 2.81. The maximum atomic E-state index is 11.5. The van der Waals surface area contributed by atoms with E-state index in [9.17, 15) is 14.4 Å². The first-order chi connectivity index (χ1) is 7.66. The van der Waals surface area contributed by atoms with Gasteiger partial charge in [-0.15, -0.1) is 0 Å². The van der Waals surface area contributed by atoms with Crippen molar-refractivity contribution in [3.63, 3.8) is 0 Å². The van der Waals surface area contributed by atoms with Crippen molar-refractivity contribution in [2.75, 3.05) is 0 Å². The van der Waals surface area contributed by atoms with Crippen molar-refractivity contribution in [3.05, 3.63) is 35.9 Å². The number of imide groups is 1. The molecule has 1 saturated heterocycles. The van der Waals surface area contributed by atoms with Gasteiger partial charge in [0, 0.05) is 0 Å². The number of piperidine rings is 1. The zero-order valence-electron chi connectivity index (χ0n) is 8.68. The third-order valence-corrected chi connectivity index (χ3v) is 2.48. The summed E-state index contributed by atoms with van der Waals surface area (Å²) in [6.45, 7) is 0.256. The van der Waals surface area contributed by atoms with Gasteiger partial charge in [-0.25, -0.2) is 0 Å². The second kappa shape index (κ2) is 4.26. The van der Waals surface area contributed by atoms with Gasteiger partial charge in [-0.3, -0.25) is 19.3 Å². The smallest absolute Gasteiger partial charge is 0.236 e. The molecule has 82 valence electrons. The number of Topliss-reactive ketones (excluding diaryl/α,β-unsaturated/α-hetero) is 1. The van der Waals surface area contributed by atoms with Crippen molar-refractivity contribution >= 4 is 17.6 Å². The van der Waals surface area contributed by atoms with Crippen LogP contribution in [0.3, 0.4) is 0 Å². The monoisotopic (exact) mass is 217 g/mol. The average molecular weight is 217 g/mol. The normalized spacial score (nSPS) is 16.8. The number of carbonyl (C=O) groups excluding carboxylic acids is 3. The first kappa shape index (κ1) is 10.5. The van der Waals surface area contributed by atoms with E-state index in [1.807, 2.05) is 30.3 Å². The molecule has 16 heavy (non-hydrogen) atoms. The van der Waals surface area contributed by atoms with Gasteiger partial charge in [-0.1, -0.05) is 30.3 Å². The van der Waals surface area contributed by atoms with Crippen LogP contribution in [-0.4, -0.2) is 22.5 Å². The van der Waals surface area contributed by atoms with Crippen molar-refractivity contribution in [1.29, 1.82) is 0 Å². The van der Waals surface area contributed by atoms with E-state index in [1.54, 1.807) is 0 Å². The Hall–Kier alpha value is -1.97. The van der Waals surface area contributed by atoms with Gasteiger partial charge < -0.3 is 0 Å². The molecular weight excluding hydrogens is 206 g/mol. The molecule has 2 rings (SSSR count). The van der Waals surface area contributed by atoms with Gasteiger partial charge in [0.15, 0.2) is 5.78 Å². The summed E-state index contributed by atoms with van der Waals surface area (Å²) in [6.07, 6.45) is -0.308. The lowest BCUT2D eigenvalue weighted by atomic mass is 10.1. The highest BCUT2D eigenvalue weighted by Crippen LogP contribution is 2.13. The highest BCUT2D eigenvalue weighted by Gasteiger charge is 2.30. The van der Waals surface area contributed by atoms with Crippen LogP contribution in [0.1, 0.15) is 18.4 Å². The molecule has 0 radical (unpaired) electrons. The summed E-state index contributed by atoms with van der Waals surface area (Å²) in [5.41, 5.74) is 0.888. The van der Waals surface area contributed by atoms with E-state index in [-0.39, 0.29) is 25.2 Å². The Labute approximate surface area is 92.9 Å². The van der Waals surface area contributed by atoms with Crippen LogP contribution >= 0.6 is 0 Å². The number of nitrogens with zero attached hydrogens (tertiary/aromatic N) is 1. The minimum atomic E-state index is -0.398. The van der Waals surface area contributed by atoms with Crippen LogP contribution in [0.4, 0.5) is 0 Å². The Bertz CT molecular complexity index is 419. The molecular formula is C12H11NO3. The first-order valence-corrected chi connectivity index (χ1v) is 5.05. The summed E-state index contributed by atoms with van der Waals surface area (Å²) in [5, 5.41) is 0. The maximum absolute atomic E-state index is 11.5. The molecule has 0 bridgehead atoms. The van der Waals surface area contributed by atoms with Crippen LogP contribution in [0.2, 0.25) is 0 Å². The molecule has 1 aliphatic heterocycles. The molecule has 4 nitrogen and oxygen atoms in total. The summed E-state index contributed by atoms with van der Waals surface area (Å²) in [5.74, 6) is -1.09. The van der Waals surface area contributed by atoms with Gasteiger partial charge in [0.25, 0.3) is 0 Å². The van der Waals surface area contributed by atoms with Gasteiger partial charge in [0.2, 0.25) is 11.8 Å². The topological polar surface area (TPSA) is 54.5 Å². The van der Waals surface area contributed by atoms with Crippen molar-refractivity contribution in [1.82, 2.24) is 4.90 Å². The van der Waals surface area contributed by atoms with Crippen molar-refractivity contribution in [2.45, 2.75) is 19.4 Å². The van der Waals surface area contributed by atoms with Crippen LogP contribution in [0.25, 0.3) is 0 Å². The largest absolute Gasteiger partial charge is 0.299 e. The van der Waals surface area contributed by atoms with Crippen LogP contribution in [-0.2, 0) is 20.9 Å². The summed E-state index contributed by atoms with van der Waals surface area (Å²) in [4.78, 5) is 35.2. The minimum absolute atomic E-state index is 0.154. The fourth-order valence-corrected chi connectivity index (χ4v) is 1.67. The minimum Gasteiger partial charge on any atom is -0.299 e. The van der Waals surface area contributed by atoms with Crippen molar-refractivity contribution in [2.24, 2.45) is 0 Å². The second-order valence-electron chi connectivity index (χ2n) is 3.75. The molecule has 0 saturated carbocycles. The Morgan fingerprint density at radius 3 is 2.06 bits per heavy atom. The molecule has 0 N–H and O–H groups in total. The molecule has 0 unspecified atom stereocenters. The van der Waals surface area contributed by atoms with Gasteiger partial charge in [0.1, 0.15) is 0 Å². The second-order valence-corrected chi connectivity index (χ2v) is 3.75. The molecule has 1 aromatic carbocycles. The molecule has 0 atom stereocenters. The average Bonchev–Trinajstić information content (AvgIpc) is 2.25. The summed E-state index contributed by atoms with van der Waals surface area (Å²) in [6, 6.07) is 9.25. The number of ketones is 1. The Balaban J connectivity index is 2.13. The maximum Gasteiger partial charge on any atom is 0.236 e. The molecule has 1 aliphatic rings. The highest BCUT2D eigenvalue weighted by molar-refractivity contribution is 6.16. The Morgan fingerprint density at radius 1 is 0.938 bits per heavy atom. The lowest BCUT2D eigenvalue weighted by Gasteiger charge is -2.24. The summed E-state index contributed by atoms with van der Waals surface area (Å²) >= 11 is 0. The number of benzene rings is 1. The number of likely N-dealkylation sites (tertiary alicyclic amines) is 1. The number of carbonyl (C=O) groups is 3. The number of hydrogen-bond donors (Lipinski definition) is 0. The first-order valence-electron chi connectivity index (χ1n) is 5.05. The molecule has 1 aromatic rings. The van der Waals surface area contributed by atoms with Crippen molar-refractivity contribution in [3.8, 4) is 0 Å². The molecule has 1 fully saturated rings. The predicted octanol–water partition coefficient (Wildman–Crippen LogP) is 0.905. The fraction of sp³-hybridized carbons (Fsp3) is 0.250. The fourth-order valence-electron chi connectivity index (χ4n) is 1.67. The Morgan fingerprint density at radius 2 is 1.50 bits per heavy atom. The van der Waals surface area contributed by atoms with Gasteiger partial charge in [-0.05, 0) is 5.56 Å². The van der Waals surface area contributed by atoms with Gasteiger partial charge in [-0.2, -0.15) is 0 Å². The van der Waals surface area contributed by atoms with Crippen LogP contribution in [0.5, 0.6) is 0 Å². The van der Waals surface area contributed by atoms with Crippen molar-refractivity contribution < 1.29 is 14.4 Å². The number of rotatable bonds is 2. The lowest BCUT2D eigenvalue weighted by Crippen LogP contribution is -2.42. The van der Waals surface area contributed by atoms with Gasteiger partial charge in [0.05, 0.1) is 19.4 Å². The van der Waals surface area contributed by atoms with E-state index in [2.05, 4.69) is 0 Å². The van der Waals surface area contributed by atoms with Gasteiger partial charge >= 0.3 is 0 Å². The zero-order valence-corrected chi connectivity index (χ0v) is 8.68. The predicted molar refractivity (Wildman–Crippen MR) is 56.2 cm³/mol. The molecule has 0 spiro atoms. The van der Waals surface area contributed by atoms with Crippen LogP contribution < -0.4 is 0 Å². The molecule has 0 aliphatic carbocycles. The van der Waals surface area contributed by atoms with E-state index in [4.69, 9.17) is 0 Å². The van der Waals surface area contributed by atoms with E-state index in [0.717, 1.165) is 10.5 Å². The molecule has 1 heterocycles. The number of hydrogen-bond acceptors (Lipinski definition) is 3. The quantitative estimate of drug-likeness (QED) is 0.546. The van der Waals surface area contributed by atoms with E-state index >= 15 is 0 Å². The standard InChI is InChI=1S/C12H11NO3/c14-10-6-11(15)13(12(16)7-10)8-9-4-2-1-3-5-9/h1-5H,6-8H2. The van der Waals surface area contributed by atoms with E-state index in [0.29, 0.717) is 0 Å². The van der Waals surface area contributed by atoms with E-state index in [1.165, 1.54) is 0 Å². The molecule has 2 amide bonds. The van der Waals surface area contributed by atoms with Crippen LogP contribution in [0, 0.1) is 0 Å². The molecule has 0 aromatic heterocycles. The molecule has 4 heteroatoms. The third kappa shape index (κ3) is 2.16. The summed E-state index contributed by atoms with van der Waals surface area (Å²) in [7, 11) is 0. The zero-order chi connectivity index (χ0) is 11.5. The third-order valence-electron chi connectivity index (χ3n) is 2.48. The van der Waals surface area contributed by atoms with E-state index < -0.39 is 11.8 Å². The summed E-state index contributed by atoms with van der Waals surface area (Å²) < 4.78 is 0. The number of amides is 2. The highest BCUT2D eigenvalue weighted by atomic mass is 16.2. The SMILES string of the molecule is O=C1CC(=O)N(Cc2ccccc2)C(=O)C1.